The van der Waals surface area contributed by atoms with Gasteiger partial charge in [0.15, 0.2) is 0 Å². The van der Waals surface area contributed by atoms with Crippen LogP contribution in [0.5, 0.6) is 5.75 Å². The molecule has 0 spiro atoms. The molecule has 0 aliphatic rings. The standard InChI is InChI=1S/C21H19N3O6S/c1-14-3-12-19(13-20(14)24(26)27)31(28,29)23-17-6-4-15(5-7-17)21(25)22-16-8-10-18(30-2)11-9-16/h3-13,23H,1-2H3,(H,22,25). The minimum absolute atomic E-state index is 0.212. The predicted octanol–water partition coefficient (Wildman–Crippen LogP) is 3.96. The quantitative estimate of drug-likeness (QED) is 0.422. The Morgan fingerprint density at radius 2 is 1.58 bits per heavy atom. The van der Waals surface area contributed by atoms with Gasteiger partial charge in [-0.25, -0.2) is 8.42 Å². The van der Waals surface area contributed by atoms with Gasteiger partial charge in [-0.15, -0.1) is 0 Å². The second-order valence-electron chi connectivity index (χ2n) is 6.57. The van der Waals surface area contributed by atoms with E-state index in [1.807, 2.05) is 0 Å². The van der Waals surface area contributed by atoms with Crippen molar-refractivity contribution >= 4 is 33.0 Å². The molecule has 0 aromatic heterocycles. The normalized spacial score (nSPS) is 10.9. The van der Waals surface area contributed by atoms with Gasteiger partial charge < -0.3 is 10.1 Å². The van der Waals surface area contributed by atoms with Crippen molar-refractivity contribution in [3.8, 4) is 5.75 Å². The van der Waals surface area contributed by atoms with Gasteiger partial charge in [0.25, 0.3) is 21.6 Å². The van der Waals surface area contributed by atoms with E-state index < -0.39 is 14.9 Å². The van der Waals surface area contributed by atoms with E-state index in [-0.39, 0.29) is 22.2 Å². The number of carbonyl (C=O) groups is 1. The Labute approximate surface area is 178 Å². The van der Waals surface area contributed by atoms with Gasteiger partial charge in [-0.05, 0) is 61.5 Å². The summed E-state index contributed by atoms with van der Waals surface area (Å²) in [5.41, 5.74) is 1.19. The lowest BCUT2D eigenvalue weighted by Gasteiger charge is -2.10. The summed E-state index contributed by atoms with van der Waals surface area (Å²) in [5, 5.41) is 13.8. The first-order chi connectivity index (χ1) is 14.7. The van der Waals surface area contributed by atoms with Crippen LogP contribution >= 0.6 is 0 Å². The first kappa shape index (κ1) is 21.8. The maximum Gasteiger partial charge on any atom is 0.273 e. The van der Waals surface area contributed by atoms with E-state index in [0.29, 0.717) is 22.6 Å². The lowest BCUT2D eigenvalue weighted by atomic mass is 10.2. The molecule has 0 radical (unpaired) electrons. The number of aryl methyl sites for hydroxylation is 1. The van der Waals surface area contributed by atoms with Crippen LogP contribution in [0.1, 0.15) is 15.9 Å². The molecule has 0 saturated carbocycles. The van der Waals surface area contributed by atoms with E-state index in [1.54, 1.807) is 31.4 Å². The van der Waals surface area contributed by atoms with E-state index in [0.717, 1.165) is 6.07 Å². The maximum atomic E-state index is 12.6. The number of benzene rings is 3. The number of rotatable bonds is 7. The molecular weight excluding hydrogens is 422 g/mol. The van der Waals surface area contributed by atoms with Crippen LogP contribution in [0, 0.1) is 17.0 Å². The van der Waals surface area contributed by atoms with Crippen LogP contribution in [0.2, 0.25) is 0 Å². The summed E-state index contributed by atoms with van der Waals surface area (Å²) in [5.74, 6) is 0.294. The Kier molecular flexibility index (Phi) is 6.21. The molecule has 2 N–H and O–H groups in total. The molecule has 10 heteroatoms. The van der Waals surface area contributed by atoms with Crippen LogP contribution in [-0.4, -0.2) is 26.4 Å². The maximum absolute atomic E-state index is 12.6. The number of hydrogen-bond acceptors (Lipinski definition) is 6. The molecular formula is C21H19N3O6S. The third-order valence-electron chi connectivity index (χ3n) is 4.43. The zero-order valence-electron chi connectivity index (χ0n) is 16.7. The average Bonchev–Trinajstić information content (AvgIpc) is 2.74. The zero-order chi connectivity index (χ0) is 22.6. The van der Waals surface area contributed by atoms with E-state index in [1.165, 1.54) is 43.3 Å². The SMILES string of the molecule is COc1ccc(NC(=O)c2ccc(NS(=O)(=O)c3ccc(C)c([N+](=O)[O-])c3)cc2)cc1. The van der Waals surface area contributed by atoms with Crippen molar-refractivity contribution in [2.75, 3.05) is 17.1 Å². The second-order valence-corrected chi connectivity index (χ2v) is 8.25. The predicted molar refractivity (Wildman–Crippen MR) is 116 cm³/mol. The zero-order valence-corrected chi connectivity index (χ0v) is 17.5. The van der Waals surface area contributed by atoms with Crippen molar-refractivity contribution in [3.05, 3.63) is 88.0 Å². The van der Waals surface area contributed by atoms with Gasteiger partial charge in [0.1, 0.15) is 5.75 Å². The number of sulfonamides is 1. The number of methoxy groups -OCH3 is 1. The molecule has 1 amide bonds. The molecule has 31 heavy (non-hydrogen) atoms. The number of nitro groups is 1. The van der Waals surface area contributed by atoms with Crippen LogP contribution in [0.4, 0.5) is 17.1 Å². The summed E-state index contributed by atoms with van der Waals surface area (Å²) in [6.45, 7) is 1.53. The molecule has 0 unspecified atom stereocenters. The van der Waals surface area contributed by atoms with E-state index in [4.69, 9.17) is 4.74 Å². The number of amides is 1. The molecule has 0 aliphatic heterocycles. The van der Waals surface area contributed by atoms with Gasteiger partial charge in [0, 0.05) is 28.6 Å². The van der Waals surface area contributed by atoms with Gasteiger partial charge >= 0.3 is 0 Å². The first-order valence-corrected chi connectivity index (χ1v) is 10.5. The Morgan fingerprint density at radius 1 is 0.968 bits per heavy atom. The third kappa shape index (κ3) is 5.17. The van der Waals surface area contributed by atoms with E-state index in [9.17, 15) is 23.3 Å². The Morgan fingerprint density at radius 3 is 2.16 bits per heavy atom. The van der Waals surface area contributed by atoms with Crippen molar-refractivity contribution in [1.29, 1.82) is 0 Å². The number of nitro benzene ring substituents is 1. The number of ether oxygens (including phenoxy) is 1. The molecule has 0 heterocycles. The van der Waals surface area contributed by atoms with Crippen LogP contribution in [-0.2, 0) is 10.0 Å². The fraction of sp³-hybridized carbons (Fsp3) is 0.0952. The molecule has 160 valence electrons. The van der Waals surface area contributed by atoms with Crippen molar-refractivity contribution in [1.82, 2.24) is 0 Å². The summed E-state index contributed by atoms with van der Waals surface area (Å²) >= 11 is 0. The van der Waals surface area contributed by atoms with Crippen molar-refractivity contribution in [2.24, 2.45) is 0 Å². The highest BCUT2D eigenvalue weighted by Crippen LogP contribution is 2.24. The van der Waals surface area contributed by atoms with Gasteiger partial charge in [-0.1, -0.05) is 6.07 Å². The molecule has 3 aromatic carbocycles. The van der Waals surface area contributed by atoms with Gasteiger partial charge in [0.2, 0.25) is 0 Å². The third-order valence-corrected chi connectivity index (χ3v) is 5.81. The van der Waals surface area contributed by atoms with Crippen molar-refractivity contribution in [3.63, 3.8) is 0 Å². The van der Waals surface area contributed by atoms with Crippen molar-refractivity contribution < 1.29 is 22.9 Å². The fourth-order valence-electron chi connectivity index (χ4n) is 2.73. The summed E-state index contributed by atoms with van der Waals surface area (Å²) in [7, 11) is -2.50. The number of hydrogen-bond donors (Lipinski definition) is 2. The first-order valence-electron chi connectivity index (χ1n) is 9.03. The number of nitrogens with one attached hydrogen (secondary N) is 2. The van der Waals surface area contributed by atoms with Crippen LogP contribution < -0.4 is 14.8 Å². The molecule has 0 atom stereocenters. The number of nitrogens with zero attached hydrogens (tertiary/aromatic N) is 1. The number of carbonyl (C=O) groups excluding carboxylic acids is 1. The summed E-state index contributed by atoms with van der Waals surface area (Å²) in [6, 6.07) is 16.3. The Bertz CT molecular complexity index is 1220. The Hall–Kier alpha value is -3.92. The summed E-state index contributed by atoms with van der Waals surface area (Å²) in [6.07, 6.45) is 0. The second kappa shape index (κ2) is 8.84. The van der Waals surface area contributed by atoms with Crippen LogP contribution in [0.3, 0.4) is 0 Å². The van der Waals surface area contributed by atoms with Crippen LogP contribution in [0.25, 0.3) is 0 Å². The summed E-state index contributed by atoms with van der Waals surface area (Å²) < 4.78 is 32.6. The lowest BCUT2D eigenvalue weighted by Crippen LogP contribution is -2.14. The molecule has 0 saturated heterocycles. The minimum atomic E-state index is -4.04. The highest BCUT2D eigenvalue weighted by atomic mass is 32.2. The van der Waals surface area contributed by atoms with Gasteiger partial charge in [0.05, 0.1) is 16.9 Å². The average molecular weight is 441 g/mol. The lowest BCUT2D eigenvalue weighted by molar-refractivity contribution is -0.385. The Balaban J connectivity index is 1.73. The van der Waals surface area contributed by atoms with Crippen molar-refractivity contribution in [2.45, 2.75) is 11.8 Å². The fourth-order valence-corrected chi connectivity index (χ4v) is 3.81. The topological polar surface area (TPSA) is 128 Å². The molecule has 3 rings (SSSR count). The highest BCUT2D eigenvalue weighted by molar-refractivity contribution is 7.92. The highest BCUT2D eigenvalue weighted by Gasteiger charge is 2.20. The van der Waals surface area contributed by atoms with Gasteiger partial charge in [-0.3, -0.25) is 19.6 Å². The molecule has 0 bridgehead atoms. The monoisotopic (exact) mass is 441 g/mol. The molecule has 9 nitrogen and oxygen atoms in total. The molecule has 3 aromatic rings. The minimum Gasteiger partial charge on any atom is -0.497 e. The summed E-state index contributed by atoms with van der Waals surface area (Å²) in [4.78, 5) is 22.6. The van der Waals surface area contributed by atoms with Crippen LogP contribution in [0.15, 0.2) is 71.6 Å². The molecule has 0 aliphatic carbocycles. The van der Waals surface area contributed by atoms with Gasteiger partial charge in [-0.2, -0.15) is 0 Å². The smallest absolute Gasteiger partial charge is 0.273 e. The van der Waals surface area contributed by atoms with E-state index in [2.05, 4.69) is 10.0 Å². The molecule has 0 fully saturated rings. The largest absolute Gasteiger partial charge is 0.497 e. The van der Waals surface area contributed by atoms with E-state index >= 15 is 0 Å². The number of anilines is 2.